The van der Waals surface area contributed by atoms with Gasteiger partial charge in [0.1, 0.15) is 5.82 Å². The first-order valence-electron chi connectivity index (χ1n) is 9.51. The van der Waals surface area contributed by atoms with E-state index in [0.717, 1.165) is 16.5 Å². The number of primary amides is 1. The van der Waals surface area contributed by atoms with Gasteiger partial charge in [-0.15, -0.1) is 0 Å². The van der Waals surface area contributed by atoms with Crippen LogP contribution in [-0.2, 0) is 6.42 Å². The number of halogens is 3. The summed E-state index contributed by atoms with van der Waals surface area (Å²) < 4.78 is 25.3. The standard InChI is InChI=1S/C21H19Cl2FN4O3/c22-15-1-2-16(24)17(23)12(15)5-8-30-19-18-13(9-27-20(19)25)14(10-31-18)11-3-6-28(7-4-11)21(26)29/h1-3,9-10H,4-8H2,(H2,25,27)(H2,26,29). The fourth-order valence-electron chi connectivity index (χ4n) is 3.54. The predicted octanol–water partition coefficient (Wildman–Crippen LogP) is 4.65. The van der Waals surface area contributed by atoms with Gasteiger partial charge in [0.15, 0.2) is 11.4 Å². The molecule has 162 valence electrons. The Morgan fingerprint density at radius 2 is 2.16 bits per heavy atom. The molecule has 0 aliphatic carbocycles. The minimum absolute atomic E-state index is 0.0325. The summed E-state index contributed by atoms with van der Waals surface area (Å²) in [6.07, 6.45) is 6.08. The summed E-state index contributed by atoms with van der Waals surface area (Å²) in [7, 11) is 0. The highest BCUT2D eigenvalue weighted by Crippen LogP contribution is 2.37. The van der Waals surface area contributed by atoms with E-state index in [1.54, 1.807) is 17.4 Å². The number of nitrogens with two attached hydrogens (primary N) is 2. The molecule has 0 radical (unpaired) electrons. The highest BCUT2D eigenvalue weighted by atomic mass is 35.5. The second-order valence-corrected chi connectivity index (χ2v) is 7.83. The van der Waals surface area contributed by atoms with Gasteiger partial charge < -0.3 is 25.5 Å². The van der Waals surface area contributed by atoms with Crippen molar-refractivity contribution in [1.82, 2.24) is 9.88 Å². The van der Waals surface area contributed by atoms with Crippen molar-refractivity contribution >= 4 is 51.6 Å². The molecule has 4 rings (SSSR count). The summed E-state index contributed by atoms with van der Waals surface area (Å²) in [6.45, 7) is 1.09. The zero-order chi connectivity index (χ0) is 22.1. The number of rotatable bonds is 5. The van der Waals surface area contributed by atoms with E-state index >= 15 is 0 Å². The first-order valence-corrected chi connectivity index (χ1v) is 10.3. The highest BCUT2D eigenvalue weighted by Gasteiger charge is 2.21. The van der Waals surface area contributed by atoms with E-state index in [1.165, 1.54) is 12.1 Å². The Morgan fingerprint density at radius 1 is 1.35 bits per heavy atom. The fraction of sp³-hybridized carbons (Fsp3) is 0.238. The van der Waals surface area contributed by atoms with Gasteiger partial charge in [0.25, 0.3) is 0 Å². The Balaban J connectivity index is 1.57. The Bertz CT molecular complexity index is 1200. The van der Waals surface area contributed by atoms with E-state index in [1.807, 2.05) is 6.08 Å². The average Bonchev–Trinajstić information content (AvgIpc) is 3.19. The predicted molar refractivity (Wildman–Crippen MR) is 118 cm³/mol. The Morgan fingerprint density at radius 3 is 2.87 bits per heavy atom. The molecule has 3 heterocycles. The number of anilines is 1. The van der Waals surface area contributed by atoms with E-state index in [2.05, 4.69) is 4.98 Å². The number of pyridine rings is 1. The second-order valence-electron chi connectivity index (χ2n) is 7.05. The number of fused-ring (bicyclic) bond motifs is 1. The molecule has 0 saturated heterocycles. The van der Waals surface area contributed by atoms with Crippen LogP contribution in [0, 0.1) is 5.82 Å². The SMILES string of the molecule is NC(=O)N1CC=C(c2coc3c(OCCc4c(Cl)ccc(F)c4Cl)c(N)ncc23)CC1. The molecule has 0 saturated carbocycles. The van der Waals surface area contributed by atoms with Crippen LogP contribution in [-0.4, -0.2) is 35.6 Å². The number of urea groups is 1. The van der Waals surface area contributed by atoms with Gasteiger partial charge in [-0.2, -0.15) is 0 Å². The van der Waals surface area contributed by atoms with Crippen LogP contribution in [0.25, 0.3) is 16.5 Å². The lowest BCUT2D eigenvalue weighted by atomic mass is 9.99. The maximum atomic E-state index is 13.7. The molecule has 10 heteroatoms. The minimum atomic E-state index is -0.546. The number of hydrogen-bond donors (Lipinski definition) is 2. The van der Waals surface area contributed by atoms with Gasteiger partial charge in [0, 0.05) is 36.3 Å². The molecule has 3 aromatic rings. The number of carbonyl (C=O) groups excluding carboxylic acids is 1. The summed E-state index contributed by atoms with van der Waals surface area (Å²) in [5.74, 6) is -0.0828. The number of ether oxygens (including phenoxy) is 1. The van der Waals surface area contributed by atoms with Gasteiger partial charge in [-0.05, 0) is 29.7 Å². The summed E-state index contributed by atoms with van der Waals surface area (Å²) in [5.41, 5.74) is 14.1. The number of aromatic nitrogens is 1. The monoisotopic (exact) mass is 464 g/mol. The van der Waals surface area contributed by atoms with Gasteiger partial charge in [0.2, 0.25) is 5.75 Å². The quantitative estimate of drug-likeness (QED) is 0.534. The molecule has 0 unspecified atom stereocenters. The summed E-state index contributed by atoms with van der Waals surface area (Å²) >= 11 is 12.1. The topological polar surface area (TPSA) is 108 Å². The molecule has 7 nitrogen and oxygen atoms in total. The van der Waals surface area contributed by atoms with Crippen molar-refractivity contribution < 1.29 is 18.3 Å². The molecular formula is C21H19Cl2FN4O3. The van der Waals surface area contributed by atoms with Crippen LogP contribution in [0.2, 0.25) is 10.0 Å². The van der Waals surface area contributed by atoms with E-state index in [9.17, 15) is 9.18 Å². The van der Waals surface area contributed by atoms with Crippen LogP contribution >= 0.6 is 23.2 Å². The molecule has 0 atom stereocenters. The van der Waals surface area contributed by atoms with Crippen LogP contribution in [0.3, 0.4) is 0 Å². The van der Waals surface area contributed by atoms with Crippen LogP contribution in [0.5, 0.6) is 5.75 Å². The average molecular weight is 465 g/mol. The van der Waals surface area contributed by atoms with Crippen LogP contribution in [0.4, 0.5) is 15.0 Å². The third-order valence-corrected chi connectivity index (χ3v) is 5.97. The number of hydrogen-bond acceptors (Lipinski definition) is 5. The first-order chi connectivity index (χ1) is 14.9. The number of nitrogens with zero attached hydrogens (tertiary/aromatic N) is 2. The zero-order valence-corrected chi connectivity index (χ0v) is 17.8. The van der Waals surface area contributed by atoms with Gasteiger partial charge in [-0.1, -0.05) is 29.3 Å². The minimum Gasteiger partial charge on any atom is -0.486 e. The molecular weight excluding hydrogens is 446 g/mol. The Labute approximate surface area is 187 Å². The van der Waals surface area contributed by atoms with Crippen molar-refractivity contribution in [2.45, 2.75) is 12.8 Å². The number of nitrogen functional groups attached to an aromatic ring is 1. The van der Waals surface area contributed by atoms with Gasteiger partial charge in [-0.3, -0.25) is 0 Å². The molecule has 1 aliphatic heterocycles. The van der Waals surface area contributed by atoms with E-state index in [4.69, 9.17) is 43.8 Å². The van der Waals surface area contributed by atoms with Crippen molar-refractivity contribution in [2.75, 3.05) is 25.4 Å². The van der Waals surface area contributed by atoms with E-state index < -0.39 is 11.8 Å². The number of furan rings is 1. The van der Waals surface area contributed by atoms with E-state index in [-0.39, 0.29) is 23.9 Å². The molecule has 1 aliphatic rings. The van der Waals surface area contributed by atoms with Crippen LogP contribution in [0.1, 0.15) is 17.5 Å². The maximum Gasteiger partial charge on any atom is 0.315 e. The molecule has 31 heavy (non-hydrogen) atoms. The van der Waals surface area contributed by atoms with Crippen LogP contribution < -0.4 is 16.2 Å². The number of benzene rings is 1. The van der Waals surface area contributed by atoms with Gasteiger partial charge in [-0.25, -0.2) is 14.2 Å². The lowest BCUT2D eigenvalue weighted by Crippen LogP contribution is -2.38. The highest BCUT2D eigenvalue weighted by molar-refractivity contribution is 6.36. The summed E-state index contributed by atoms with van der Waals surface area (Å²) in [4.78, 5) is 17.1. The molecule has 0 fully saturated rings. The molecule has 4 N–H and O–H groups in total. The van der Waals surface area contributed by atoms with Gasteiger partial charge in [0.05, 0.1) is 23.3 Å². The van der Waals surface area contributed by atoms with E-state index in [0.29, 0.717) is 41.4 Å². The molecule has 0 spiro atoms. The first kappa shape index (κ1) is 21.3. The molecule has 2 aromatic heterocycles. The third kappa shape index (κ3) is 4.13. The normalized spacial score (nSPS) is 14.0. The van der Waals surface area contributed by atoms with Crippen molar-refractivity contribution in [3.05, 3.63) is 57.7 Å². The second kappa shape index (κ2) is 8.64. The largest absolute Gasteiger partial charge is 0.486 e. The molecule has 0 bridgehead atoms. The lowest BCUT2D eigenvalue weighted by molar-refractivity contribution is 0.213. The molecule has 1 aromatic carbocycles. The lowest BCUT2D eigenvalue weighted by Gasteiger charge is -2.24. The summed E-state index contributed by atoms with van der Waals surface area (Å²) in [6, 6.07) is 2.21. The van der Waals surface area contributed by atoms with Gasteiger partial charge >= 0.3 is 6.03 Å². The smallest absolute Gasteiger partial charge is 0.315 e. The molecule has 2 amide bonds. The third-order valence-electron chi connectivity index (χ3n) is 5.21. The van der Waals surface area contributed by atoms with Crippen molar-refractivity contribution in [3.63, 3.8) is 0 Å². The Kier molecular flexibility index (Phi) is 5.93. The van der Waals surface area contributed by atoms with Crippen molar-refractivity contribution in [1.29, 1.82) is 0 Å². The summed E-state index contributed by atoms with van der Waals surface area (Å²) in [5, 5.41) is 1.06. The fourth-order valence-corrected chi connectivity index (χ4v) is 4.10. The Hall–Kier alpha value is -2.97. The van der Waals surface area contributed by atoms with Crippen molar-refractivity contribution in [3.8, 4) is 5.75 Å². The zero-order valence-electron chi connectivity index (χ0n) is 16.3. The van der Waals surface area contributed by atoms with Crippen LogP contribution in [0.15, 0.2) is 35.1 Å². The number of carbonyl (C=O) groups is 1. The maximum absolute atomic E-state index is 13.7. The number of amides is 2. The van der Waals surface area contributed by atoms with Crippen molar-refractivity contribution in [2.24, 2.45) is 5.73 Å².